The van der Waals surface area contributed by atoms with Crippen molar-refractivity contribution in [1.29, 1.82) is 0 Å². The number of nitrogens with one attached hydrogen (secondary N) is 1. The molecule has 0 aliphatic carbocycles. The van der Waals surface area contributed by atoms with E-state index in [0.29, 0.717) is 0 Å². The zero-order valence-electron chi connectivity index (χ0n) is 9.59. The Morgan fingerprint density at radius 2 is 1.65 bits per heavy atom. The number of benzene rings is 2. The molecule has 0 fully saturated rings. The van der Waals surface area contributed by atoms with E-state index in [-0.39, 0.29) is 0 Å². The molecule has 2 aromatic carbocycles. The van der Waals surface area contributed by atoms with Crippen molar-refractivity contribution in [2.24, 2.45) is 0 Å². The van der Waals surface area contributed by atoms with Crippen LogP contribution in [0.5, 0.6) is 0 Å². The Morgan fingerprint density at radius 1 is 0.941 bits per heavy atom. The van der Waals surface area contributed by atoms with Crippen molar-refractivity contribution in [2.75, 3.05) is 12.4 Å². The van der Waals surface area contributed by atoms with E-state index in [4.69, 9.17) is 0 Å². The summed E-state index contributed by atoms with van der Waals surface area (Å²) < 4.78 is 1.94. The molecule has 0 aliphatic heterocycles. The van der Waals surface area contributed by atoms with Gasteiger partial charge in [-0.25, -0.2) is 4.68 Å². The fourth-order valence-corrected chi connectivity index (χ4v) is 2.03. The van der Waals surface area contributed by atoms with Crippen LogP contribution >= 0.6 is 0 Å². The molecule has 0 amide bonds. The molecular weight excluding hydrogens is 210 g/mol. The molecule has 0 saturated carbocycles. The van der Waals surface area contributed by atoms with E-state index in [0.717, 1.165) is 22.4 Å². The molecule has 0 bridgehead atoms. The molecule has 1 aromatic heterocycles. The highest BCUT2D eigenvalue weighted by Crippen LogP contribution is 2.25. The number of nitrogens with zero attached hydrogens (tertiary/aromatic N) is 2. The van der Waals surface area contributed by atoms with E-state index >= 15 is 0 Å². The van der Waals surface area contributed by atoms with Crippen LogP contribution in [0.1, 0.15) is 0 Å². The van der Waals surface area contributed by atoms with Crippen LogP contribution in [0.4, 0.5) is 5.82 Å². The van der Waals surface area contributed by atoms with Gasteiger partial charge in [-0.3, -0.25) is 0 Å². The minimum atomic E-state index is 1.00. The quantitative estimate of drug-likeness (QED) is 0.723. The second-order valence-corrected chi connectivity index (χ2v) is 3.86. The van der Waals surface area contributed by atoms with Crippen molar-refractivity contribution in [2.45, 2.75) is 0 Å². The van der Waals surface area contributed by atoms with E-state index in [1.54, 1.807) is 0 Å². The van der Waals surface area contributed by atoms with Crippen molar-refractivity contribution >= 4 is 16.7 Å². The van der Waals surface area contributed by atoms with Gasteiger partial charge in [-0.1, -0.05) is 30.3 Å². The first-order valence-electron chi connectivity index (χ1n) is 5.61. The molecule has 1 heterocycles. The van der Waals surface area contributed by atoms with Crippen LogP contribution in [-0.2, 0) is 0 Å². The Hall–Kier alpha value is -2.29. The summed E-state index contributed by atoms with van der Waals surface area (Å²) in [5.41, 5.74) is 2.06. The monoisotopic (exact) mass is 223 g/mol. The lowest BCUT2D eigenvalue weighted by atomic mass is 10.2. The molecule has 0 aliphatic rings. The van der Waals surface area contributed by atoms with Gasteiger partial charge >= 0.3 is 0 Å². The van der Waals surface area contributed by atoms with Gasteiger partial charge in [0, 0.05) is 12.4 Å². The van der Waals surface area contributed by atoms with E-state index in [2.05, 4.69) is 16.5 Å². The zero-order chi connectivity index (χ0) is 11.7. The number of anilines is 1. The topological polar surface area (TPSA) is 29.9 Å². The summed E-state index contributed by atoms with van der Waals surface area (Å²) in [7, 11) is 1.92. The first-order valence-corrected chi connectivity index (χ1v) is 5.61. The van der Waals surface area contributed by atoms with Crippen molar-refractivity contribution in [3.63, 3.8) is 0 Å². The lowest BCUT2D eigenvalue weighted by Crippen LogP contribution is -2.01. The molecule has 0 atom stereocenters. The number of aromatic nitrogens is 2. The predicted molar refractivity (Wildman–Crippen MR) is 70.6 cm³/mol. The maximum absolute atomic E-state index is 4.61. The van der Waals surface area contributed by atoms with E-state index in [9.17, 15) is 0 Å². The molecular formula is C14H13N3. The Balaban J connectivity index is 2.30. The maximum atomic E-state index is 4.61. The fourth-order valence-electron chi connectivity index (χ4n) is 2.03. The number of fused-ring (bicyclic) bond motifs is 1. The van der Waals surface area contributed by atoms with Crippen LogP contribution in [0, 0.1) is 0 Å². The van der Waals surface area contributed by atoms with Gasteiger partial charge in [0.25, 0.3) is 0 Å². The molecule has 3 heteroatoms. The van der Waals surface area contributed by atoms with Gasteiger partial charge in [-0.05, 0) is 24.3 Å². The van der Waals surface area contributed by atoms with Gasteiger partial charge in [0.1, 0.15) is 5.82 Å². The van der Waals surface area contributed by atoms with Crippen LogP contribution < -0.4 is 5.32 Å². The summed E-state index contributed by atoms with van der Waals surface area (Å²) in [4.78, 5) is 0. The van der Waals surface area contributed by atoms with Crippen molar-refractivity contribution in [3.8, 4) is 5.69 Å². The third kappa shape index (κ3) is 1.56. The summed E-state index contributed by atoms with van der Waals surface area (Å²) in [5, 5.41) is 8.96. The number of hydrogen-bond acceptors (Lipinski definition) is 2. The lowest BCUT2D eigenvalue weighted by molar-refractivity contribution is 0.901. The Kier molecular flexibility index (Phi) is 2.29. The van der Waals surface area contributed by atoms with Crippen molar-refractivity contribution < 1.29 is 0 Å². The molecule has 17 heavy (non-hydrogen) atoms. The molecule has 0 spiro atoms. The highest BCUT2D eigenvalue weighted by Gasteiger charge is 2.09. The molecule has 1 N–H and O–H groups in total. The maximum Gasteiger partial charge on any atom is 0.137 e. The average molecular weight is 223 g/mol. The van der Waals surface area contributed by atoms with Crippen LogP contribution in [0.15, 0.2) is 54.6 Å². The lowest BCUT2D eigenvalue weighted by Gasteiger charge is -2.06. The SMILES string of the molecule is CNc1c2ccccc2nn1-c1ccccc1. The number of rotatable bonds is 2. The van der Waals surface area contributed by atoms with Gasteiger partial charge in [-0.2, -0.15) is 5.10 Å². The highest BCUT2D eigenvalue weighted by atomic mass is 15.3. The summed E-state index contributed by atoms with van der Waals surface area (Å²) in [6.07, 6.45) is 0. The van der Waals surface area contributed by atoms with Gasteiger partial charge in [0.15, 0.2) is 0 Å². The normalized spacial score (nSPS) is 10.6. The molecule has 84 valence electrons. The van der Waals surface area contributed by atoms with Crippen molar-refractivity contribution in [3.05, 3.63) is 54.6 Å². The van der Waals surface area contributed by atoms with Crippen LogP contribution in [0.2, 0.25) is 0 Å². The smallest absolute Gasteiger partial charge is 0.137 e. The first kappa shape index (κ1) is 9.90. The summed E-state index contributed by atoms with van der Waals surface area (Å²) in [6.45, 7) is 0. The second-order valence-electron chi connectivity index (χ2n) is 3.86. The molecule has 0 unspecified atom stereocenters. The van der Waals surface area contributed by atoms with E-state index < -0.39 is 0 Å². The summed E-state index contributed by atoms with van der Waals surface area (Å²) >= 11 is 0. The third-order valence-corrected chi connectivity index (χ3v) is 2.82. The zero-order valence-corrected chi connectivity index (χ0v) is 9.59. The molecule has 3 nitrogen and oxygen atoms in total. The van der Waals surface area contributed by atoms with Gasteiger partial charge < -0.3 is 5.32 Å². The number of para-hydroxylation sites is 1. The third-order valence-electron chi connectivity index (χ3n) is 2.82. The minimum absolute atomic E-state index is 1.00. The van der Waals surface area contributed by atoms with Gasteiger partial charge in [-0.15, -0.1) is 0 Å². The highest BCUT2D eigenvalue weighted by molar-refractivity contribution is 5.90. The average Bonchev–Trinajstić information content (AvgIpc) is 2.78. The van der Waals surface area contributed by atoms with Gasteiger partial charge in [0.2, 0.25) is 0 Å². The molecule has 3 rings (SSSR count). The predicted octanol–water partition coefficient (Wildman–Crippen LogP) is 3.07. The molecule has 0 saturated heterocycles. The van der Waals surface area contributed by atoms with E-state index in [1.165, 1.54) is 0 Å². The van der Waals surface area contributed by atoms with Gasteiger partial charge in [0.05, 0.1) is 11.2 Å². The molecule has 3 aromatic rings. The van der Waals surface area contributed by atoms with Crippen LogP contribution in [-0.4, -0.2) is 16.8 Å². The first-order chi connectivity index (χ1) is 8.40. The summed E-state index contributed by atoms with van der Waals surface area (Å²) in [5.74, 6) is 1.02. The Labute approximate surface area is 99.7 Å². The van der Waals surface area contributed by atoms with Crippen LogP contribution in [0.3, 0.4) is 0 Å². The number of hydrogen-bond donors (Lipinski definition) is 1. The van der Waals surface area contributed by atoms with E-state index in [1.807, 2.05) is 60.3 Å². The largest absolute Gasteiger partial charge is 0.373 e. The van der Waals surface area contributed by atoms with Crippen molar-refractivity contribution in [1.82, 2.24) is 9.78 Å². The Bertz CT molecular complexity index is 641. The molecule has 0 radical (unpaired) electrons. The standard InChI is InChI=1S/C14H13N3/c1-15-14-12-9-5-6-10-13(12)16-17(14)11-7-3-2-4-8-11/h2-10,15H,1H3. The summed E-state index contributed by atoms with van der Waals surface area (Å²) in [6, 6.07) is 18.3. The second kappa shape index (κ2) is 3.94. The Morgan fingerprint density at radius 3 is 2.41 bits per heavy atom. The minimum Gasteiger partial charge on any atom is -0.373 e. The van der Waals surface area contributed by atoms with Crippen LogP contribution in [0.25, 0.3) is 16.6 Å². The fraction of sp³-hybridized carbons (Fsp3) is 0.0714.